The Labute approximate surface area is 330 Å². The molecule has 4 aromatic carbocycles. The molecule has 6 aromatic rings. The Bertz CT molecular complexity index is 2520. The highest BCUT2D eigenvalue weighted by Gasteiger charge is 2.32. The molecule has 0 unspecified atom stereocenters. The molecule has 1 amide bonds. The summed E-state index contributed by atoms with van der Waals surface area (Å²) >= 11 is 0. The Kier molecular flexibility index (Phi) is 10.8. The van der Waals surface area contributed by atoms with Crippen molar-refractivity contribution in [2.24, 2.45) is 0 Å². The smallest absolute Gasteiger partial charge is 0.387 e. The molecule has 0 bridgehead atoms. The van der Waals surface area contributed by atoms with E-state index >= 15 is 0 Å². The van der Waals surface area contributed by atoms with Crippen molar-refractivity contribution in [3.8, 4) is 45.5 Å². The van der Waals surface area contributed by atoms with E-state index in [0.29, 0.717) is 89.8 Å². The maximum Gasteiger partial charge on any atom is 0.387 e. The largest absolute Gasteiger partial charge is 0.480 e. The van der Waals surface area contributed by atoms with Crippen molar-refractivity contribution in [1.29, 1.82) is 0 Å². The number of nitrogens with zero attached hydrogens (tertiary/aromatic N) is 3. The van der Waals surface area contributed by atoms with Gasteiger partial charge in [0.25, 0.3) is 0 Å². The normalized spacial score (nSPS) is 17.3. The lowest BCUT2D eigenvalue weighted by atomic mass is 9.91. The SMILES string of the molecule is Cc1c(-c2nc3cc(CCC[C@@H]4CCC(=O)N4)c(OC(F)F)cc3o2)cccc1-c1cccc(-c2nc3cc(CN4CCC[C@H]4C(=O)O)c(OC(F)F)cc3o2)c1C. The topological polar surface area (TPSA) is 140 Å². The number of hydrogen-bond acceptors (Lipinski definition) is 9. The third-order valence-electron chi connectivity index (χ3n) is 11.1. The van der Waals surface area contributed by atoms with Crippen molar-refractivity contribution in [2.45, 2.75) is 90.6 Å². The highest BCUT2D eigenvalue weighted by atomic mass is 19.3. The summed E-state index contributed by atoms with van der Waals surface area (Å²) < 4.78 is 76.0. The van der Waals surface area contributed by atoms with Crippen molar-refractivity contribution in [1.82, 2.24) is 20.2 Å². The van der Waals surface area contributed by atoms with Gasteiger partial charge < -0.3 is 28.7 Å². The van der Waals surface area contributed by atoms with Gasteiger partial charge >= 0.3 is 19.2 Å². The first-order chi connectivity index (χ1) is 27.9. The lowest BCUT2D eigenvalue weighted by molar-refractivity contribution is -0.142. The highest BCUT2D eigenvalue weighted by molar-refractivity contribution is 5.85. The first kappa shape index (κ1) is 38.9. The summed E-state index contributed by atoms with van der Waals surface area (Å²) in [5.41, 5.74) is 7.13. The number of fused-ring (bicyclic) bond motifs is 2. The van der Waals surface area contributed by atoms with Crippen molar-refractivity contribution >= 4 is 34.1 Å². The minimum atomic E-state index is -3.10. The molecular weight excluding hydrogens is 760 g/mol. The van der Waals surface area contributed by atoms with Gasteiger partial charge in [-0.15, -0.1) is 0 Å². The van der Waals surface area contributed by atoms with Gasteiger partial charge in [-0.25, -0.2) is 9.97 Å². The first-order valence-corrected chi connectivity index (χ1v) is 19.1. The molecular formula is C43H40F4N4O7. The van der Waals surface area contributed by atoms with Gasteiger partial charge in [-0.3, -0.25) is 14.5 Å². The molecule has 2 aromatic heterocycles. The van der Waals surface area contributed by atoms with Crippen LogP contribution in [-0.4, -0.2) is 63.7 Å². The van der Waals surface area contributed by atoms with Crippen LogP contribution in [0.5, 0.6) is 11.5 Å². The fraction of sp³-hybridized carbons (Fsp3) is 0.349. The number of carboxylic acids is 1. The van der Waals surface area contributed by atoms with Gasteiger partial charge in [0.15, 0.2) is 11.2 Å². The molecule has 2 atom stereocenters. The van der Waals surface area contributed by atoms with Crippen LogP contribution in [0.15, 0.2) is 69.5 Å². The number of carboxylic acid groups (broad SMARTS) is 1. The Balaban J connectivity index is 1.09. The minimum absolute atomic E-state index is 0.0187. The van der Waals surface area contributed by atoms with Crippen LogP contribution in [0.25, 0.3) is 56.2 Å². The van der Waals surface area contributed by atoms with Crippen LogP contribution in [0.4, 0.5) is 17.6 Å². The van der Waals surface area contributed by atoms with Crippen LogP contribution >= 0.6 is 0 Å². The zero-order chi connectivity index (χ0) is 40.7. The summed E-state index contributed by atoms with van der Waals surface area (Å²) in [6.07, 6.45) is 4.22. The number of carbonyl (C=O) groups is 2. The van der Waals surface area contributed by atoms with E-state index in [9.17, 15) is 32.3 Å². The van der Waals surface area contributed by atoms with E-state index < -0.39 is 25.2 Å². The highest BCUT2D eigenvalue weighted by Crippen LogP contribution is 2.40. The van der Waals surface area contributed by atoms with Crippen molar-refractivity contribution in [3.63, 3.8) is 0 Å². The van der Waals surface area contributed by atoms with Crippen molar-refractivity contribution in [3.05, 3.63) is 82.9 Å². The Morgan fingerprint density at radius 2 is 1.40 bits per heavy atom. The summed E-state index contributed by atoms with van der Waals surface area (Å²) in [7, 11) is 0. The van der Waals surface area contributed by atoms with Crippen LogP contribution in [0.1, 0.15) is 60.8 Å². The van der Waals surface area contributed by atoms with Gasteiger partial charge in [-0.2, -0.15) is 17.6 Å². The van der Waals surface area contributed by atoms with Gasteiger partial charge in [0, 0.05) is 47.8 Å². The van der Waals surface area contributed by atoms with Crippen molar-refractivity contribution in [2.75, 3.05) is 6.54 Å². The second-order valence-electron chi connectivity index (χ2n) is 14.8. The number of halogens is 4. The summed E-state index contributed by atoms with van der Waals surface area (Å²) in [5.74, 6) is -0.464. The quantitative estimate of drug-likeness (QED) is 0.102. The van der Waals surface area contributed by atoms with Crippen LogP contribution in [0.2, 0.25) is 0 Å². The molecule has 2 saturated heterocycles. The minimum Gasteiger partial charge on any atom is -0.480 e. The monoisotopic (exact) mass is 800 g/mol. The van der Waals surface area contributed by atoms with E-state index in [0.717, 1.165) is 28.7 Å². The number of likely N-dealkylation sites (tertiary alicyclic amines) is 1. The number of aliphatic carboxylic acids is 1. The number of ether oxygens (including phenoxy) is 2. The Hall–Kier alpha value is -5.96. The number of rotatable bonds is 14. The summed E-state index contributed by atoms with van der Waals surface area (Å²) in [6.45, 7) is -1.66. The van der Waals surface area contributed by atoms with Crippen molar-refractivity contribution < 1.29 is 50.6 Å². The first-order valence-electron chi connectivity index (χ1n) is 19.1. The number of benzene rings is 4. The second kappa shape index (κ2) is 16.1. The third kappa shape index (κ3) is 7.95. The third-order valence-corrected chi connectivity index (χ3v) is 11.1. The number of alkyl halides is 4. The number of carbonyl (C=O) groups excluding carboxylic acids is 1. The molecule has 2 aliphatic heterocycles. The maximum atomic E-state index is 13.5. The number of hydrogen-bond donors (Lipinski definition) is 2. The predicted octanol–water partition coefficient (Wildman–Crippen LogP) is 9.44. The van der Waals surface area contributed by atoms with E-state index in [1.807, 2.05) is 50.2 Å². The molecule has 4 heterocycles. The molecule has 2 N–H and O–H groups in total. The van der Waals surface area contributed by atoms with E-state index in [1.165, 1.54) is 12.1 Å². The molecule has 0 saturated carbocycles. The standard InChI is InChI=1S/C43H40F4N4O7/c1-22-27(9-4-11-29(22)39-49-31-17-24(7-3-8-26-14-15-38(52)48-26)34(57-42(44)45)19-36(31)55-39)28-10-5-12-30(23(28)2)40-50-32-18-25(21-51-16-6-13-33(51)41(53)54)35(58-43(46)47)20-37(32)56-40/h4-5,9-12,17-20,26,33,42-43H,3,6-8,13-16,21H2,1-2H3,(H,48,52)(H,53,54)/t26-,33+/m1/s1. The van der Waals surface area contributed by atoms with Gasteiger partial charge in [-0.1, -0.05) is 24.3 Å². The number of oxazole rings is 2. The maximum absolute atomic E-state index is 13.5. The molecule has 0 spiro atoms. The molecule has 58 heavy (non-hydrogen) atoms. The molecule has 11 nitrogen and oxygen atoms in total. The average Bonchev–Trinajstić information content (AvgIpc) is 3.99. The zero-order valence-corrected chi connectivity index (χ0v) is 31.7. The molecule has 8 rings (SSSR count). The number of nitrogens with one attached hydrogen (secondary N) is 1. The van der Waals surface area contributed by atoms with Gasteiger partial charge in [0.2, 0.25) is 17.7 Å². The van der Waals surface area contributed by atoms with Crippen LogP contribution in [-0.2, 0) is 22.6 Å². The van der Waals surface area contributed by atoms with Gasteiger partial charge in [0.05, 0.1) is 0 Å². The molecule has 0 aliphatic carbocycles. The zero-order valence-electron chi connectivity index (χ0n) is 31.7. The lowest BCUT2D eigenvalue weighted by Gasteiger charge is -2.22. The average molecular weight is 801 g/mol. The summed E-state index contributed by atoms with van der Waals surface area (Å²) in [6, 6.07) is 16.9. The molecule has 302 valence electrons. The fourth-order valence-corrected chi connectivity index (χ4v) is 8.22. The summed E-state index contributed by atoms with van der Waals surface area (Å²) in [5, 5.41) is 12.6. The van der Waals surface area contributed by atoms with E-state index in [-0.39, 0.29) is 41.5 Å². The number of aromatic nitrogens is 2. The molecule has 15 heteroatoms. The lowest BCUT2D eigenvalue weighted by Crippen LogP contribution is -2.35. The predicted molar refractivity (Wildman–Crippen MR) is 206 cm³/mol. The second-order valence-corrected chi connectivity index (χ2v) is 14.8. The van der Waals surface area contributed by atoms with Crippen LogP contribution in [0, 0.1) is 13.8 Å². The van der Waals surface area contributed by atoms with E-state index in [4.69, 9.17) is 28.3 Å². The van der Waals surface area contributed by atoms with E-state index in [1.54, 1.807) is 17.0 Å². The summed E-state index contributed by atoms with van der Waals surface area (Å²) in [4.78, 5) is 34.6. The Morgan fingerprint density at radius 1 is 0.845 bits per heavy atom. The number of aryl methyl sites for hydroxylation is 1. The Morgan fingerprint density at radius 3 is 1.93 bits per heavy atom. The van der Waals surface area contributed by atoms with Crippen LogP contribution < -0.4 is 14.8 Å². The fourth-order valence-electron chi connectivity index (χ4n) is 8.22. The van der Waals surface area contributed by atoms with Gasteiger partial charge in [-0.05, 0) is 111 Å². The number of amides is 1. The van der Waals surface area contributed by atoms with Crippen LogP contribution in [0.3, 0.4) is 0 Å². The van der Waals surface area contributed by atoms with E-state index in [2.05, 4.69) is 5.32 Å². The molecule has 0 radical (unpaired) electrons. The molecule has 2 fully saturated rings. The molecule has 2 aliphatic rings. The van der Waals surface area contributed by atoms with Gasteiger partial charge in [0.1, 0.15) is 28.6 Å².